The van der Waals surface area contributed by atoms with Crippen LogP contribution in [0.4, 0.5) is 0 Å². The molecule has 0 amide bonds. The topological polar surface area (TPSA) is 51.0 Å². The Hall–Kier alpha value is -0.610. The van der Waals surface area contributed by atoms with Crippen molar-refractivity contribution in [2.45, 2.75) is 77.4 Å². The van der Waals surface area contributed by atoms with Gasteiger partial charge in [-0.1, -0.05) is 51.1 Å². The van der Waals surface area contributed by atoms with E-state index in [0.29, 0.717) is 5.71 Å². The van der Waals surface area contributed by atoms with Crippen LogP contribution in [0.25, 0.3) is 0 Å². The molecule has 0 atom stereocenters. The molecule has 0 fully saturated rings. The van der Waals surface area contributed by atoms with Crippen molar-refractivity contribution >= 4 is 5.71 Å². The van der Waals surface area contributed by atoms with E-state index < -0.39 is 5.79 Å². The van der Waals surface area contributed by atoms with E-state index in [0.717, 1.165) is 44.9 Å². The Morgan fingerprint density at radius 2 is 1.53 bits per heavy atom. The van der Waals surface area contributed by atoms with Crippen LogP contribution in [0, 0.1) is 0 Å². The minimum absolute atomic E-state index is 0.613. The highest BCUT2D eigenvalue weighted by molar-refractivity contribution is 5.90. The van der Waals surface area contributed by atoms with Gasteiger partial charge in [0.25, 0.3) is 0 Å². The summed E-state index contributed by atoms with van der Waals surface area (Å²) in [6.45, 7) is 4.34. The number of ether oxygens (including phenoxy) is 2. The molecule has 4 nitrogen and oxygen atoms in total. The zero-order valence-corrected chi connectivity index (χ0v) is 13.1. The summed E-state index contributed by atoms with van der Waals surface area (Å²) < 4.78 is 11.1. The van der Waals surface area contributed by atoms with Gasteiger partial charge < -0.3 is 14.7 Å². The highest BCUT2D eigenvalue weighted by Crippen LogP contribution is 2.25. The van der Waals surface area contributed by atoms with Crippen LogP contribution in [0.15, 0.2) is 5.16 Å². The van der Waals surface area contributed by atoms with E-state index in [1.807, 2.05) is 0 Å². The predicted octanol–water partition coefficient (Wildman–Crippen LogP) is 4.36. The highest BCUT2D eigenvalue weighted by atomic mass is 16.7. The average Bonchev–Trinajstić information content (AvgIpc) is 2.45. The van der Waals surface area contributed by atoms with Gasteiger partial charge in [-0.15, -0.1) is 0 Å². The van der Waals surface area contributed by atoms with Crippen molar-refractivity contribution in [3.05, 3.63) is 0 Å². The van der Waals surface area contributed by atoms with Crippen LogP contribution in [-0.4, -0.2) is 30.9 Å². The van der Waals surface area contributed by atoms with Crippen molar-refractivity contribution in [3.8, 4) is 0 Å². The van der Waals surface area contributed by atoms with Crippen molar-refractivity contribution in [1.82, 2.24) is 0 Å². The molecule has 0 spiro atoms. The molecule has 1 N–H and O–H groups in total. The Labute approximate surface area is 118 Å². The lowest BCUT2D eigenvalue weighted by atomic mass is 9.97. The van der Waals surface area contributed by atoms with Crippen LogP contribution in [0.3, 0.4) is 0 Å². The van der Waals surface area contributed by atoms with Crippen molar-refractivity contribution in [1.29, 1.82) is 0 Å². The average molecular weight is 273 g/mol. The molecular formula is C15H31NO3. The van der Waals surface area contributed by atoms with Gasteiger partial charge in [-0.25, -0.2) is 0 Å². The third-order valence-corrected chi connectivity index (χ3v) is 3.60. The molecule has 0 aromatic heterocycles. The molecule has 0 bridgehead atoms. The number of hydrogen-bond donors (Lipinski definition) is 1. The van der Waals surface area contributed by atoms with Crippen molar-refractivity contribution in [2.75, 3.05) is 14.2 Å². The summed E-state index contributed by atoms with van der Waals surface area (Å²) in [6, 6.07) is 0. The van der Waals surface area contributed by atoms with Gasteiger partial charge in [0.1, 0.15) is 5.71 Å². The molecule has 0 aliphatic heterocycles. The molecule has 0 unspecified atom stereocenters. The maximum Gasteiger partial charge on any atom is 0.211 e. The first-order valence-corrected chi connectivity index (χ1v) is 7.52. The number of nitrogens with zero attached hydrogens (tertiary/aromatic N) is 1. The molecule has 0 saturated carbocycles. The van der Waals surface area contributed by atoms with Gasteiger partial charge in [-0.05, 0) is 19.3 Å². The van der Waals surface area contributed by atoms with Gasteiger partial charge in [0.05, 0.1) is 0 Å². The normalized spacial score (nSPS) is 12.9. The van der Waals surface area contributed by atoms with Crippen molar-refractivity contribution in [3.63, 3.8) is 0 Å². The van der Waals surface area contributed by atoms with E-state index in [1.54, 1.807) is 14.2 Å². The molecule has 4 heteroatoms. The Morgan fingerprint density at radius 3 is 2.00 bits per heavy atom. The fourth-order valence-electron chi connectivity index (χ4n) is 2.31. The minimum Gasteiger partial charge on any atom is -0.411 e. The standard InChI is InChI=1S/C15H31NO3/c1-5-7-9-11-13-15(18-3,19-4)14(16-17)12-10-8-6-2/h17H,5-13H2,1-4H3. The summed E-state index contributed by atoms with van der Waals surface area (Å²) in [4.78, 5) is 0. The van der Waals surface area contributed by atoms with Crippen LogP contribution >= 0.6 is 0 Å². The molecular weight excluding hydrogens is 242 g/mol. The van der Waals surface area contributed by atoms with Crippen LogP contribution < -0.4 is 0 Å². The number of oxime groups is 1. The van der Waals surface area contributed by atoms with Crippen LogP contribution in [-0.2, 0) is 9.47 Å². The molecule has 114 valence electrons. The lowest BCUT2D eigenvalue weighted by molar-refractivity contribution is -0.161. The Kier molecular flexibility index (Phi) is 10.9. The fraction of sp³-hybridized carbons (Fsp3) is 0.933. The van der Waals surface area contributed by atoms with Gasteiger partial charge in [0.2, 0.25) is 5.79 Å². The first-order chi connectivity index (χ1) is 9.20. The predicted molar refractivity (Wildman–Crippen MR) is 78.9 cm³/mol. The molecule has 0 aromatic carbocycles. The Balaban J connectivity index is 4.53. The molecule has 19 heavy (non-hydrogen) atoms. The van der Waals surface area contributed by atoms with Crippen LogP contribution in [0.1, 0.15) is 71.6 Å². The lowest BCUT2D eigenvalue weighted by Gasteiger charge is -2.31. The van der Waals surface area contributed by atoms with E-state index >= 15 is 0 Å². The summed E-state index contributed by atoms with van der Waals surface area (Å²) >= 11 is 0. The first-order valence-electron chi connectivity index (χ1n) is 7.52. The summed E-state index contributed by atoms with van der Waals surface area (Å²) in [7, 11) is 3.24. The van der Waals surface area contributed by atoms with Crippen molar-refractivity contribution in [2.24, 2.45) is 5.16 Å². The van der Waals surface area contributed by atoms with E-state index in [2.05, 4.69) is 19.0 Å². The third-order valence-electron chi connectivity index (χ3n) is 3.60. The van der Waals surface area contributed by atoms with Gasteiger partial charge in [-0.2, -0.15) is 0 Å². The second-order valence-electron chi connectivity index (χ2n) is 4.98. The first kappa shape index (κ1) is 18.4. The highest BCUT2D eigenvalue weighted by Gasteiger charge is 2.35. The minimum atomic E-state index is -0.851. The van der Waals surface area contributed by atoms with Crippen LogP contribution in [0.2, 0.25) is 0 Å². The second kappa shape index (κ2) is 11.2. The molecule has 0 heterocycles. The van der Waals surface area contributed by atoms with Gasteiger partial charge in [-0.3, -0.25) is 0 Å². The molecule has 0 aromatic rings. The monoisotopic (exact) mass is 273 g/mol. The number of methoxy groups -OCH3 is 2. The fourth-order valence-corrected chi connectivity index (χ4v) is 2.31. The van der Waals surface area contributed by atoms with Gasteiger partial charge in [0.15, 0.2) is 0 Å². The zero-order chi connectivity index (χ0) is 14.6. The lowest BCUT2D eigenvalue weighted by Crippen LogP contribution is -2.43. The third kappa shape index (κ3) is 6.39. The Bertz CT molecular complexity index is 238. The zero-order valence-electron chi connectivity index (χ0n) is 13.1. The van der Waals surface area contributed by atoms with Gasteiger partial charge in [0, 0.05) is 20.6 Å². The molecule has 0 saturated heterocycles. The Morgan fingerprint density at radius 1 is 0.947 bits per heavy atom. The maximum absolute atomic E-state index is 9.25. The van der Waals surface area contributed by atoms with E-state index in [1.165, 1.54) is 12.8 Å². The quantitative estimate of drug-likeness (QED) is 0.189. The largest absolute Gasteiger partial charge is 0.411 e. The summed E-state index contributed by atoms with van der Waals surface area (Å²) in [5.74, 6) is -0.851. The molecule has 0 aliphatic rings. The van der Waals surface area contributed by atoms with Crippen LogP contribution in [0.5, 0.6) is 0 Å². The van der Waals surface area contributed by atoms with Gasteiger partial charge >= 0.3 is 0 Å². The number of unbranched alkanes of at least 4 members (excludes halogenated alkanes) is 5. The van der Waals surface area contributed by atoms with E-state index in [9.17, 15) is 5.21 Å². The second-order valence-corrected chi connectivity index (χ2v) is 4.98. The number of rotatable bonds is 12. The molecule has 0 rings (SSSR count). The smallest absolute Gasteiger partial charge is 0.211 e. The summed E-state index contributed by atoms with van der Waals surface area (Å²) in [5.41, 5.74) is 0.613. The maximum atomic E-state index is 9.25. The molecule has 0 aliphatic carbocycles. The number of hydrogen-bond acceptors (Lipinski definition) is 4. The van der Waals surface area contributed by atoms with Crippen molar-refractivity contribution < 1.29 is 14.7 Å². The summed E-state index contributed by atoms with van der Waals surface area (Å²) in [5, 5.41) is 12.7. The summed E-state index contributed by atoms with van der Waals surface area (Å²) in [6.07, 6.45) is 9.31. The van der Waals surface area contributed by atoms with E-state index in [4.69, 9.17) is 9.47 Å². The van der Waals surface area contributed by atoms with E-state index in [-0.39, 0.29) is 0 Å². The molecule has 0 radical (unpaired) electrons. The SMILES string of the molecule is CCCCCCC(OC)(OC)C(CCCCC)=NO.